The van der Waals surface area contributed by atoms with Gasteiger partial charge in [0.1, 0.15) is 0 Å². The number of nitrogens with one attached hydrogen (secondary N) is 2. The fourth-order valence-corrected chi connectivity index (χ4v) is 3.43. The smallest absolute Gasteiger partial charge is 1.00 e. The molecule has 0 aliphatic carbocycles. The van der Waals surface area contributed by atoms with Gasteiger partial charge in [0.05, 0.1) is 0 Å². The predicted octanol–water partition coefficient (Wildman–Crippen LogP) is 1.14. The van der Waals surface area contributed by atoms with Gasteiger partial charge in [0.2, 0.25) is 11.8 Å². The fraction of sp³-hybridized carbons (Fsp3) is 0.917. The van der Waals surface area contributed by atoms with Crippen molar-refractivity contribution in [1.82, 2.24) is 11.0 Å². The fourth-order valence-electron chi connectivity index (χ4n) is 3.43. The number of unbranched alkanes of at least 4 members (excludes halogenated alkanes) is 16. The van der Waals surface area contributed by atoms with E-state index in [4.69, 9.17) is 4.94 Å². The quantitative estimate of drug-likeness (QED) is 0.145. The van der Waals surface area contributed by atoms with E-state index in [0.29, 0.717) is 12.8 Å². The van der Waals surface area contributed by atoms with Crippen molar-refractivity contribution < 1.29 is 76.5 Å². The molecule has 2 N–H and O–H groups in total. The zero-order valence-corrected chi connectivity index (χ0v) is 25.4. The van der Waals surface area contributed by atoms with Gasteiger partial charge in [-0.1, -0.05) is 117 Å². The van der Waals surface area contributed by atoms with Crippen LogP contribution in [-0.4, -0.2) is 11.8 Å². The van der Waals surface area contributed by atoms with E-state index in [1.807, 2.05) is 0 Å². The minimum absolute atomic E-state index is 0. The van der Waals surface area contributed by atoms with E-state index in [1.54, 1.807) is 0 Å². The first-order valence-corrected chi connectivity index (χ1v) is 12.4. The molecule has 0 spiro atoms. The third kappa shape index (κ3) is 30.9. The van der Waals surface area contributed by atoms with Gasteiger partial charge >= 0.3 is 59.1 Å². The molecule has 176 valence electrons. The van der Waals surface area contributed by atoms with Gasteiger partial charge in [0, 0.05) is 12.8 Å². The van der Waals surface area contributed by atoms with Gasteiger partial charge in [-0.2, -0.15) is 4.94 Å². The van der Waals surface area contributed by atoms with E-state index in [2.05, 4.69) is 24.8 Å². The van der Waals surface area contributed by atoms with Crippen LogP contribution < -0.4 is 70.1 Å². The number of hydrogen-bond acceptors (Lipinski definition) is 3. The van der Waals surface area contributed by atoms with Crippen LogP contribution in [0.3, 0.4) is 0 Å². The molecule has 0 heterocycles. The van der Waals surface area contributed by atoms with Crippen LogP contribution in [0.4, 0.5) is 0 Å². The second kappa shape index (κ2) is 30.9. The van der Waals surface area contributed by atoms with Gasteiger partial charge in [0.25, 0.3) is 0 Å². The van der Waals surface area contributed by atoms with Gasteiger partial charge in [-0.3, -0.25) is 9.59 Å². The summed E-state index contributed by atoms with van der Waals surface area (Å²) < 4.78 is 0. The second-order valence-electron chi connectivity index (χ2n) is 8.31. The number of hydroxylamine groups is 2. The molecule has 0 aliphatic rings. The van der Waals surface area contributed by atoms with E-state index < -0.39 is 0 Å². The normalized spacial score (nSPS) is 10.1. The minimum Gasteiger partial charge on any atom is -1.00 e. The van der Waals surface area contributed by atoms with Gasteiger partial charge in [-0.25, -0.2) is 11.0 Å². The van der Waals surface area contributed by atoms with Crippen molar-refractivity contribution in [2.75, 3.05) is 0 Å². The van der Waals surface area contributed by atoms with Crippen molar-refractivity contribution in [3.05, 3.63) is 0 Å². The molecule has 0 aromatic rings. The molecule has 0 fully saturated rings. The van der Waals surface area contributed by atoms with Gasteiger partial charge in [-0.15, -0.1) is 0 Å². The molecule has 0 atom stereocenters. The third-order valence-electron chi connectivity index (χ3n) is 5.34. The Bertz CT molecular complexity index is 363. The average molecular weight is 461 g/mol. The van der Waals surface area contributed by atoms with Crippen LogP contribution >= 0.6 is 0 Å². The summed E-state index contributed by atoms with van der Waals surface area (Å²) in [5.41, 5.74) is 4.61. The maximum absolute atomic E-state index is 11.7. The van der Waals surface area contributed by atoms with Crippen molar-refractivity contribution in [2.24, 2.45) is 0 Å². The number of carbonyl (C=O) groups excluding carboxylic acids is 2. The molecular weight excluding hydrogens is 410 g/mol. The molecule has 0 saturated heterocycles. The van der Waals surface area contributed by atoms with Crippen LogP contribution in [0.5, 0.6) is 0 Å². The molecule has 0 bridgehead atoms. The number of hydrogen-bond donors (Lipinski definition) is 2. The van der Waals surface area contributed by atoms with E-state index in [0.717, 1.165) is 25.7 Å². The zero-order valence-electron chi connectivity index (χ0n) is 23.4. The van der Waals surface area contributed by atoms with Crippen molar-refractivity contribution >= 4 is 11.8 Å². The Kier molecular flexibility index (Phi) is 36.4. The maximum Gasteiger partial charge on any atom is 1.00 e. The molecule has 2 amide bonds. The topological polar surface area (TPSA) is 67.4 Å². The summed E-state index contributed by atoms with van der Waals surface area (Å²) in [7, 11) is 0. The number of rotatable bonds is 22. The standard InChI is InChI=1S/C24H48N2O3.2Na.2H/c1-3-5-7-9-11-13-15-17-19-21-23(27)25-29-26-24(28)22-20-18-16-14-12-10-8-6-4-2;;;;/h3-22H2,1-2H3,(H,25,27)(H,26,28);;;;/q;2*+1;2*-1. The molecular formula is C24H50N2Na2O3. The Morgan fingerprint density at radius 2 is 0.774 bits per heavy atom. The van der Waals surface area contributed by atoms with Crippen LogP contribution in [0.25, 0.3) is 0 Å². The Balaban J connectivity index is -0.000000653. The van der Waals surface area contributed by atoms with Crippen LogP contribution in [0.1, 0.15) is 145 Å². The van der Waals surface area contributed by atoms with E-state index in [1.165, 1.54) is 89.9 Å². The molecule has 0 radical (unpaired) electrons. The Morgan fingerprint density at radius 1 is 0.516 bits per heavy atom. The van der Waals surface area contributed by atoms with Crippen LogP contribution in [0, 0.1) is 0 Å². The number of carbonyl (C=O) groups is 2. The molecule has 7 heteroatoms. The monoisotopic (exact) mass is 460 g/mol. The van der Waals surface area contributed by atoms with E-state index >= 15 is 0 Å². The first-order chi connectivity index (χ1) is 14.2. The molecule has 0 unspecified atom stereocenters. The van der Waals surface area contributed by atoms with Crippen molar-refractivity contribution in [3.8, 4) is 0 Å². The zero-order chi connectivity index (χ0) is 21.4. The largest absolute Gasteiger partial charge is 1.00 e. The Morgan fingerprint density at radius 3 is 1.06 bits per heavy atom. The van der Waals surface area contributed by atoms with Gasteiger partial charge in [0.15, 0.2) is 0 Å². The molecule has 5 nitrogen and oxygen atoms in total. The summed E-state index contributed by atoms with van der Waals surface area (Å²) in [6.07, 6.45) is 22.9. The molecule has 0 aromatic heterocycles. The van der Waals surface area contributed by atoms with E-state index in [-0.39, 0.29) is 73.8 Å². The Labute approximate surface area is 239 Å². The minimum atomic E-state index is -0.170. The maximum atomic E-state index is 11.7. The second-order valence-corrected chi connectivity index (χ2v) is 8.31. The molecule has 0 saturated carbocycles. The SMILES string of the molecule is CCCCCCCCCCCC(=O)NONC(=O)CCCCCCCCCCC.[H-].[H-].[Na+].[Na+]. The van der Waals surface area contributed by atoms with Crippen LogP contribution in [-0.2, 0) is 14.5 Å². The molecule has 0 rings (SSSR count). The summed E-state index contributed by atoms with van der Waals surface area (Å²) in [5, 5.41) is 0. The van der Waals surface area contributed by atoms with Crippen molar-refractivity contribution in [2.45, 2.75) is 142 Å². The predicted molar refractivity (Wildman–Crippen MR) is 123 cm³/mol. The molecule has 0 aromatic carbocycles. The summed E-state index contributed by atoms with van der Waals surface area (Å²) in [5.74, 6) is -0.340. The number of amides is 2. The third-order valence-corrected chi connectivity index (χ3v) is 5.34. The van der Waals surface area contributed by atoms with Crippen LogP contribution in [0.2, 0.25) is 0 Å². The van der Waals surface area contributed by atoms with Crippen LogP contribution in [0.15, 0.2) is 0 Å². The van der Waals surface area contributed by atoms with Crippen molar-refractivity contribution in [1.29, 1.82) is 0 Å². The van der Waals surface area contributed by atoms with E-state index in [9.17, 15) is 9.59 Å². The van der Waals surface area contributed by atoms with Gasteiger partial charge in [-0.05, 0) is 12.8 Å². The summed E-state index contributed by atoms with van der Waals surface area (Å²) in [6.45, 7) is 4.47. The molecule has 31 heavy (non-hydrogen) atoms. The first-order valence-electron chi connectivity index (χ1n) is 12.4. The van der Waals surface area contributed by atoms with Gasteiger partial charge < -0.3 is 2.85 Å². The first kappa shape index (κ1) is 36.5. The average Bonchev–Trinajstić information content (AvgIpc) is 2.71. The molecule has 0 aliphatic heterocycles. The van der Waals surface area contributed by atoms with Crippen molar-refractivity contribution in [3.63, 3.8) is 0 Å². The summed E-state index contributed by atoms with van der Waals surface area (Å²) in [6, 6.07) is 0. The Hall–Kier alpha value is 0.900. The summed E-state index contributed by atoms with van der Waals surface area (Å²) >= 11 is 0. The summed E-state index contributed by atoms with van der Waals surface area (Å²) in [4.78, 5) is 28.2.